The van der Waals surface area contributed by atoms with Crippen molar-refractivity contribution in [2.75, 3.05) is 19.8 Å². The van der Waals surface area contributed by atoms with E-state index in [1.807, 2.05) is 6.07 Å². The topological polar surface area (TPSA) is 21.3 Å². The lowest BCUT2D eigenvalue weighted by Crippen LogP contribution is -2.25. The van der Waals surface area contributed by atoms with Crippen molar-refractivity contribution >= 4 is 34.3 Å². The van der Waals surface area contributed by atoms with Crippen LogP contribution in [0.1, 0.15) is 28.6 Å². The minimum atomic E-state index is 0.233. The molecule has 0 amide bonds. The maximum absolute atomic E-state index is 6.06. The van der Waals surface area contributed by atoms with E-state index in [0.717, 1.165) is 30.0 Å². The summed E-state index contributed by atoms with van der Waals surface area (Å²) >= 11 is 9.48. The highest BCUT2D eigenvalue weighted by molar-refractivity contribution is 7.16. The molecule has 20 heavy (non-hydrogen) atoms. The first-order valence-corrected chi connectivity index (χ1v) is 9.00. The van der Waals surface area contributed by atoms with Gasteiger partial charge < -0.3 is 10.1 Å². The van der Waals surface area contributed by atoms with E-state index in [0.29, 0.717) is 0 Å². The minimum Gasteiger partial charge on any atom is -0.380 e. The second-order valence-corrected chi connectivity index (χ2v) is 7.79. The fraction of sp³-hybridized carbons (Fsp3) is 0.467. The highest BCUT2D eigenvalue weighted by Gasteiger charge is 2.21. The molecule has 0 saturated heterocycles. The van der Waals surface area contributed by atoms with Crippen LogP contribution in [0.4, 0.5) is 0 Å². The zero-order valence-corrected chi connectivity index (χ0v) is 13.6. The van der Waals surface area contributed by atoms with E-state index in [1.54, 1.807) is 22.7 Å². The number of thiophene rings is 2. The van der Waals surface area contributed by atoms with E-state index in [1.165, 1.54) is 22.6 Å². The lowest BCUT2D eigenvalue weighted by atomic mass is 10.2. The summed E-state index contributed by atoms with van der Waals surface area (Å²) in [5, 5.41) is 5.70. The molecule has 0 aromatic carbocycles. The van der Waals surface area contributed by atoms with Crippen LogP contribution in [0.25, 0.3) is 0 Å². The summed E-state index contributed by atoms with van der Waals surface area (Å²) < 4.78 is 6.53. The average Bonchev–Trinajstić information content (AvgIpc) is 2.93. The average molecular weight is 328 g/mol. The maximum Gasteiger partial charge on any atom is 0.0931 e. The minimum absolute atomic E-state index is 0.233. The van der Waals surface area contributed by atoms with Crippen LogP contribution in [0, 0.1) is 5.92 Å². The summed E-state index contributed by atoms with van der Waals surface area (Å²) in [5.74, 6) is 0.833. The third kappa shape index (κ3) is 4.06. The van der Waals surface area contributed by atoms with Crippen LogP contribution in [-0.4, -0.2) is 19.8 Å². The van der Waals surface area contributed by atoms with Gasteiger partial charge in [-0.25, -0.2) is 0 Å². The predicted molar refractivity (Wildman–Crippen MR) is 87.0 cm³/mol. The Morgan fingerprint density at radius 1 is 1.30 bits per heavy atom. The van der Waals surface area contributed by atoms with Gasteiger partial charge in [-0.15, -0.1) is 22.7 Å². The standard InChI is InChI=1S/C15H18ClNOS2/c16-14-6-5-13(20-14)15(12-2-1-9-19-12)17-7-8-18-10-11-3-4-11/h1-2,5-6,9,11,15,17H,3-4,7-8,10H2. The van der Waals surface area contributed by atoms with E-state index < -0.39 is 0 Å². The van der Waals surface area contributed by atoms with Gasteiger partial charge in [-0.05, 0) is 42.3 Å². The van der Waals surface area contributed by atoms with Gasteiger partial charge >= 0.3 is 0 Å². The summed E-state index contributed by atoms with van der Waals surface area (Å²) in [6.07, 6.45) is 2.69. The van der Waals surface area contributed by atoms with Crippen molar-refractivity contribution in [3.05, 3.63) is 43.7 Å². The predicted octanol–water partition coefficient (Wildman–Crippen LogP) is 4.57. The van der Waals surface area contributed by atoms with Crippen LogP contribution >= 0.6 is 34.3 Å². The first-order chi connectivity index (χ1) is 9.83. The third-order valence-electron chi connectivity index (χ3n) is 3.35. The Morgan fingerprint density at radius 3 is 2.85 bits per heavy atom. The molecule has 1 N–H and O–H groups in total. The molecule has 0 radical (unpaired) electrons. The molecule has 1 aliphatic rings. The fourth-order valence-electron chi connectivity index (χ4n) is 2.09. The molecule has 1 saturated carbocycles. The fourth-order valence-corrected chi connectivity index (χ4v) is 4.14. The normalized spacial score (nSPS) is 16.4. The van der Waals surface area contributed by atoms with Crippen LogP contribution < -0.4 is 5.32 Å². The molecule has 0 aliphatic heterocycles. The molecule has 0 spiro atoms. The van der Waals surface area contributed by atoms with Gasteiger partial charge in [0.05, 0.1) is 17.0 Å². The van der Waals surface area contributed by atoms with Gasteiger partial charge in [0.2, 0.25) is 0 Å². The molecule has 1 unspecified atom stereocenters. The lowest BCUT2D eigenvalue weighted by Gasteiger charge is -2.16. The summed E-state index contributed by atoms with van der Waals surface area (Å²) in [5.41, 5.74) is 0. The number of halogens is 1. The molecule has 108 valence electrons. The first-order valence-electron chi connectivity index (χ1n) is 6.92. The molecule has 2 aromatic rings. The summed E-state index contributed by atoms with van der Waals surface area (Å²) in [7, 11) is 0. The Labute approximate surface area is 132 Å². The Kier molecular flexibility index (Phi) is 5.13. The van der Waals surface area contributed by atoms with Crippen LogP contribution in [0.5, 0.6) is 0 Å². The Morgan fingerprint density at radius 2 is 2.20 bits per heavy atom. The molecule has 2 nitrogen and oxygen atoms in total. The maximum atomic E-state index is 6.06. The Balaban J connectivity index is 1.54. The zero-order chi connectivity index (χ0) is 13.8. The molecule has 1 atom stereocenters. The monoisotopic (exact) mass is 327 g/mol. The van der Waals surface area contributed by atoms with Crippen molar-refractivity contribution in [1.82, 2.24) is 5.32 Å². The summed E-state index contributed by atoms with van der Waals surface area (Å²) in [4.78, 5) is 2.59. The van der Waals surface area contributed by atoms with Crippen LogP contribution in [-0.2, 0) is 4.74 Å². The molecule has 3 rings (SSSR count). The number of ether oxygens (including phenoxy) is 1. The number of hydrogen-bond acceptors (Lipinski definition) is 4. The van der Waals surface area contributed by atoms with Gasteiger partial charge in [-0.2, -0.15) is 0 Å². The molecular formula is C15H18ClNOS2. The molecule has 0 bridgehead atoms. The van der Waals surface area contributed by atoms with Crippen molar-refractivity contribution < 1.29 is 4.74 Å². The van der Waals surface area contributed by atoms with E-state index in [9.17, 15) is 0 Å². The zero-order valence-electron chi connectivity index (χ0n) is 11.2. The molecule has 2 heterocycles. The molecular weight excluding hydrogens is 310 g/mol. The largest absolute Gasteiger partial charge is 0.380 e. The van der Waals surface area contributed by atoms with Gasteiger partial charge in [0.1, 0.15) is 0 Å². The third-order valence-corrected chi connectivity index (χ3v) is 5.58. The van der Waals surface area contributed by atoms with E-state index in [2.05, 4.69) is 28.9 Å². The van der Waals surface area contributed by atoms with Crippen molar-refractivity contribution in [1.29, 1.82) is 0 Å². The SMILES string of the molecule is Clc1ccc(C(NCCOCC2CC2)c2cccs2)s1. The second-order valence-electron chi connectivity index (χ2n) is 5.06. The number of rotatable bonds is 8. The molecule has 5 heteroatoms. The molecule has 2 aromatic heterocycles. The molecule has 1 fully saturated rings. The van der Waals surface area contributed by atoms with Gasteiger partial charge in [0, 0.05) is 22.9 Å². The Bertz CT molecular complexity index is 522. The van der Waals surface area contributed by atoms with Crippen LogP contribution in [0.2, 0.25) is 4.34 Å². The van der Waals surface area contributed by atoms with Crippen molar-refractivity contribution in [2.45, 2.75) is 18.9 Å². The smallest absolute Gasteiger partial charge is 0.0931 e. The van der Waals surface area contributed by atoms with Gasteiger partial charge in [-0.1, -0.05) is 17.7 Å². The highest BCUT2D eigenvalue weighted by Crippen LogP contribution is 2.33. The Hall–Kier alpha value is -0.390. The van der Waals surface area contributed by atoms with Crippen molar-refractivity contribution in [3.63, 3.8) is 0 Å². The second kappa shape index (κ2) is 7.05. The van der Waals surface area contributed by atoms with E-state index in [4.69, 9.17) is 16.3 Å². The van der Waals surface area contributed by atoms with E-state index in [-0.39, 0.29) is 6.04 Å². The lowest BCUT2D eigenvalue weighted by molar-refractivity contribution is 0.125. The first kappa shape index (κ1) is 14.5. The van der Waals surface area contributed by atoms with Crippen molar-refractivity contribution in [3.8, 4) is 0 Å². The number of nitrogens with one attached hydrogen (secondary N) is 1. The van der Waals surface area contributed by atoms with Crippen molar-refractivity contribution in [2.24, 2.45) is 5.92 Å². The highest BCUT2D eigenvalue weighted by atomic mass is 35.5. The molecule has 1 aliphatic carbocycles. The van der Waals surface area contributed by atoms with Crippen LogP contribution in [0.15, 0.2) is 29.6 Å². The van der Waals surface area contributed by atoms with Gasteiger partial charge in [-0.3, -0.25) is 0 Å². The number of hydrogen-bond donors (Lipinski definition) is 1. The van der Waals surface area contributed by atoms with E-state index >= 15 is 0 Å². The van der Waals surface area contributed by atoms with Gasteiger partial charge in [0.15, 0.2) is 0 Å². The van der Waals surface area contributed by atoms with Crippen LogP contribution in [0.3, 0.4) is 0 Å². The van der Waals surface area contributed by atoms with Gasteiger partial charge in [0.25, 0.3) is 0 Å². The quantitative estimate of drug-likeness (QED) is 0.717. The summed E-state index contributed by atoms with van der Waals surface area (Å²) in [6, 6.07) is 8.56. The summed E-state index contributed by atoms with van der Waals surface area (Å²) in [6.45, 7) is 2.57.